The van der Waals surface area contributed by atoms with Crippen LogP contribution in [0.15, 0.2) is 42.5 Å². The average Bonchev–Trinajstić information content (AvgIpc) is 2.41. The van der Waals surface area contributed by atoms with Crippen LogP contribution in [0.25, 0.3) is 0 Å². The van der Waals surface area contributed by atoms with Crippen molar-refractivity contribution in [2.45, 2.75) is 58.4 Å². The summed E-state index contributed by atoms with van der Waals surface area (Å²) in [6.07, 6.45) is 3.35. The fourth-order valence-corrected chi connectivity index (χ4v) is 3.18. The highest BCUT2D eigenvalue weighted by Crippen LogP contribution is 2.37. The normalized spacial score (nSPS) is 13.3. The van der Waals surface area contributed by atoms with E-state index in [9.17, 15) is 0 Å². The molecule has 0 fully saturated rings. The highest BCUT2D eigenvalue weighted by Gasteiger charge is 2.36. The van der Waals surface area contributed by atoms with Crippen LogP contribution < -0.4 is 5.32 Å². The highest BCUT2D eigenvalue weighted by atomic mass is 14.9. The van der Waals surface area contributed by atoms with E-state index in [1.54, 1.807) is 0 Å². The van der Waals surface area contributed by atoms with E-state index in [2.05, 4.69) is 69.9 Å². The van der Waals surface area contributed by atoms with Crippen molar-refractivity contribution < 1.29 is 0 Å². The van der Waals surface area contributed by atoms with Crippen LogP contribution in [-0.4, -0.2) is 12.6 Å². The van der Waals surface area contributed by atoms with Gasteiger partial charge in [0.2, 0.25) is 0 Å². The second-order valence-electron chi connectivity index (χ2n) is 5.50. The molecule has 106 valence electrons. The highest BCUT2D eigenvalue weighted by molar-refractivity contribution is 5.28. The van der Waals surface area contributed by atoms with Gasteiger partial charge in [0, 0.05) is 11.5 Å². The summed E-state index contributed by atoms with van der Waals surface area (Å²) in [4.78, 5) is 0. The first kappa shape index (κ1) is 16.0. The Labute approximate surface area is 119 Å². The Kier molecular flexibility index (Phi) is 6.30. The Hall–Kier alpha value is -1.08. The van der Waals surface area contributed by atoms with E-state index in [0.29, 0.717) is 6.04 Å². The Morgan fingerprint density at radius 2 is 1.74 bits per heavy atom. The summed E-state index contributed by atoms with van der Waals surface area (Å²) in [5, 5.41) is 3.69. The van der Waals surface area contributed by atoms with Gasteiger partial charge in [-0.05, 0) is 38.3 Å². The third kappa shape index (κ3) is 3.70. The Bertz CT molecular complexity index is 376. The molecule has 1 heteroatoms. The van der Waals surface area contributed by atoms with E-state index in [1.165, 1.54) is 11.1 Å². The predicted molar refractivity (Wildman–Crippen MR) is 85.6 cm³/mol. The van der Waals surface area contributed by atoms with Crippen LogP contribution in [0.3, 0.4) is 0 Å². The maximum Gasteiger partial charge on any atom is 0.0201 e. The number of likely N-dealkylation sites (N-methyl/N-ethyl adjacent to an activating group) is 1. The van der Waals surface area contributed by atoms with Crippen molar-refractivity contribution in [3.05, 3.63) is 48.0 Å². The maximum atomic E-state index is 4.11. The third-order valence-electron chi connectivity index (χ3n) is 4.28. The van der Waals surface area contributed by atoms with Crippen LogP contribution >= 0.6 is 0 Å². The van der Waals surface area contributed by atoms with Gasteiger partial charge in [0.1, 0.15) is 0 Å². The Morgan fingerprint density at radius 3 is 2.16 bits per heavy atom. The summed E-state index contributed by atoms with van der Waals surface area (Å²) in [7, 11) is 0. The summed E-state index contributed by atoms with van der Waals surface area (Å²) >= 11 is 0. The van der Waals surface area contributed by atoms with Crippen molar-refractivity contribution >= 4 is 0 Å². The molecular weight excluding hydrogens is 230 g/mol. The quantitative estimate of drug-likeness (QED) is 0.668. The van der Waals surface area contributed by atoms with Crippen LogP contribution in [0.4, 0.5) is 0 Å². The topological polar surface area (TPSA) is 12.0 Å². The number of nitrogens with one attached hydrogen (secondary N) is 1. The van der Waals surface area contributed by atoms with Gasteiger partial charge < -0.3 is 5.32 Å². The van der Waals surface area contributed by atoms with Gasteiger partial charge in [-0.15, -0.1) is 6.58 Å². The molecule has 0 saturated heterocycles. The van der Waals surface area contributed by atoms with Crippen LogP contribution in [0.1, 0.15) is 52.5 Å². The van der Waals surface area contributed by atoms with Crippen LogP contribution in [0, 0.1) is 0 Å². The molecule has 1 nitrogen and oxygen atoms in total. The van der Waals surface area contributed by atoms with Crippen molar-refractivity contribution in [3.63, 3.8) is 0 Å². The monoisotopic (exact) mass is 259 g/mol. The first-order chi connectivity index (χ1) is 9.10. The van der Waals surface area contributed by atoms with Crippen LogP contribution in [0.5, 0.6) is 0 Å². The van der Waals surface area contributed by atoms with Gasteiger partial charge in [-0.1, -0.05) is 56.7 Å². The van der Waals surface area contributed by atoms with E-state index >= 15 is 0 Å². The van der Waals surface area contributed by atoms with E-state index in [0.717, 1.165) is 25.8 Å². The average molecular weight is 259 g/mol. The van der Waals surface area contributed by atoms with Gasteiger partial charge in [0.25, 0.3) is 0 Å². The molecule has 19 heavy (non-hydrogen) atoms. The Balaban J connectivity index is 3.17. The maximum absolute atomic E-state index is 4.11. The third-order valence-corrected chi connectivity index (χ3v) is 4.28. The van der Waals surface area contributed by atoms with Gasteiger partial charge in [-0.3, -0.25) is 0 Å². The van der Waals surface area contributed by atoms with Crippen LogP contribution in [0.2, 0.25) is 0 Å². The molecule has 0 aliphatic carbocycles. The van der Waals surface area contributed by atoms with Gasteiger partial charge in [0.05, 0.1) is 0 Å². The van der Waals surface area contributed by atoms with Crippen molar-refractivity contribution in [2.75, 3.05) is 6.54 Å². The molecule has 0 aromatic heterocycles. The smallest absolute Gasteiger partial charge is 0.0201 e. The second kappa shape index (κ2) is 7.49. The molecule has 1 atom stereocenters. The number of hydrogen-bond acceptors (Lipinski definition) is 1. The zero-order chi connectivity index (χ0) is 14.3. The molecule has 1 aromatic carbocycles. The zero-order valence-electron chi connectivity index (χ0n) is 13.0. The van der Waals surface area contributed by atoms with Gasteiger partial charge in [-0.2, -0.15) is 0 Å². The fraction of sp³-hybridized carbons (Fsp3) is 0.556. The molecular formula is C18H29N. The molecule has 1 aromatic rings. The molecule has 0 radical (unpaired) electrons. The minimum absolute atomic E-state index is 0.205. The summed E-state index contributed by atoms with van der Waals surface area (Å²) < 4.78 is 0. The Morgan fingerprint density at radius 1 is 1.16 bits per heavy atom. The van der Waals surface area contributed by atoms with Gasteiger partial charge >= 0.3 is 0 Å². The molecule has 0 spiro atoms. The largest absolute Gasteiger partial charge is 0.313 e. The summed E-state index contributed by atoms with van der Waals surface area (Å²) in [6.45, 7) is 14.0. The van der Waals surface area contributed by atoms with E-state index in [4.69, 9.17) is 0 Å². The molecule has 1 rings (SSSR count). The SMILES string of the molecule is C=C(C)CC(NCC)C(CC)(CC)c1ccccc1. The first-order valence-electron chi connectivity index (χ1n) is 7.54. The molecule has 0 bridgehead atoms. The lowest BCUT2D eigenvalue weighted by atomic mass is 9.68. The predicted octanol–water partition coefficient (Wildman–Crippen LogP) is 4.69. The number of hydrogen-bond donors (Lipinski definition) is 1. The van der Waals surface area contributed by atoms with E-state index in [1.807, 2.05) is 0 Å². The standard InChI is InChI=1S/C18H29N/c1-6-18(7-2,16-12-10-9-11-13-16)17(19-8-3)14-15(4)5/h9-13,17,19H,4,6-8,14H2,1-3,5H3. The van der Waals surface area contributed by atoms with Crippen molar-refractivity contribution in [1.29, 1.82) is 0 Å². The number of rotatable bonds is 8. The summed E-state index contributed by atoms with van der Waals surface area (Å²) in [5.41, 5.74) is 2.91. The van der Waals surface area contributed by atoms with Gasteiger partial charge in [0.15, 0.2) is 0 Å². The minimum atomic E-state index is 0.205. The van der Waals surface area contributed by atoms with Gasteiger partial charge in [-0.25, -0.2) is 0 Å². The zero-order valence-corrected chi connectivity index (χ0v) is 13.0. The molecule has 1 N–H and O–H groups in total. The molecule has 0 saturated carbocycles. The van der Waals surface area contributed by atoms with Crippen molar-refractivity contribution in [1.82, 2.24) is 5.32 Å². The lowest BCUT2D eigenvalue weighted by molar-refractivity contribution is 0.271. The van der Waals surface area contributed by atoms with E-state index < -0.39 is 0 Å². The summed E-state index contributed by atoms with van der Waals surface area (Å²) in [5.74, 6) is 0. The molecule has 0 aliphatic heterocycles. The first-order valence-corrected chi connectivity index (χ1v) is 7.54. The summed E-state index contributed by atoms with van der Waals surface area (Å²) in [6, 6.07) is 11.4. The lowest BCUT2D eigenvalue weighted by Crippen LogP contribution is -2.48. The molecule has 1 unspecified atom stereocenters. The second-order valence-corrected chi connectivity index (χ2v) is 5.50. The molecule has 0 heterocycles. The van der Waals surface area contributed by atoms with E-state index in [-0.39, 0.29) is 5.41 Å². The van der Waals surface area contributed by atoms with Crippen LogP contribution in [-0.2, 0) is 5.41 Å². The fourth-order valence-electron chi connectivity index (χ4n) is 3.18. The van der Waals surface area contributed by atoms with Crippen molar-refractivity contribution in [2.24, 2.45) is 0 Å². The number of benzene rings is 1. The minimum Gasteiger partial charge on any atom is -0.313 e. The molecule has 0 aliphatic rings. The van der Waals surface area contributed by atoms with Crippen molar-refractivity contribution in [3.8, 4) is 0 Å². The molecule has 0 amide bonds. The lowest BCUT2D eigenvalue weighted by Gasteiger charge is -2.41.